The number of hydrogen-bond acceptors (Lipinski definition) is 0. The lowest BCUT2D eigenvalue weighted by atomic mass is 9.63. The molecule has 0 amide bonds. The molecule has 75 heavy (non-hydrogen) atoms. The van der Waals surface area contributed by atoms with Gasteiger partial charge in [-0.2, -0.15) is 0 Å². The maximum atomic E-state index is 2.55. The van der Waals surface area contributed by atoms with Crippen LogP contribution in [-0.4, -0.2) is 4.57 Å². The van der Waals surface area contributed by atoms with Crippen molar-refractivity contribution in [3.05, 3.63) is 354 Å². The van der Waals surface area contributed by atoms with Crippen LogP contribution in [0.4, 0.5) is 0 Å². The summed E-state index contributed by atoms with van der Waals surface area (Å²) in [7, 11) is 0. The fourth-order valence-electron chi connectivity index (χ4n) is 12.7. The van der Waals surface area contributed by atoms with Gasteiger partial charge in [-0.3, -0.25) is 0 Å². The Morgan fingerprint density at radius 2 is 0.667 bits per heavy atom. The summed E-state index contributed by atoms with van der Waals surface area (Å²) in [5.74, 6) is 0. The van der Waals surface area contributed by atoms with E-state index in [1.54, 1.807) is 0 Å². The highest BCUT2D eigenvalue weighted by Crippen LogP contribution is 2.58. The average Bonchev–Trinajstić information content (AvgIpc) is 4.00. The Morgan fingerprint density at radius 3 is 1.20 bits per heavy atom. The van der Waals surface area contributed by atoms with Crippen molar-refractivity contribution < 1.29 is 0 Å². The second-order valence-corrected chi connectivity index (χ2v) is 19.9. The second kappa shape index (κ2) is 18.2. The van der Waals surface area contributed by atoms with Gasteiger partial charge in [-0.05, 0) is 131 Å². The van der Waals surface area contributed by atoms with Gasteiger partial charge in [-0.1, -0.05) is 267 Å². The first-order valence-electron chi connectivity index (χ1n) is 26.1. The molecule has 0 aliphatic heterocycles. The van der Waals surface area contributed by atoms with E-state index in [-0.39, 0.29) is 0 Å². The molecular weight excluding hydrogens is 903 g/mol. The summed E-state index contributed by atoms with van der Waals surface area (Å²) >= 11 is 0. The van der Waals surface area contributed by atoms with Gasteiger partial charge in [0.25, 0.3) is 0 Å². The lowest BCUT2D eigenvalue weighted by Gasteiger charge is -2.39. The minimum absolute atomic E-state index is 0.613. The van der Waals surface area contributed by atoms with Gasteiger partial charge in [0.15, 0.2) is 0 Å². The minimum Gasteiger partial charge on any atom is -0.309 e. The maximum absolute atomic E-state index is 2.55. The molecule has 1 nitrogen and oxygen atoms in total. The number of fused-ring (bicyclic) bond motifs is 6. The van der Waals surface area contributed by atoms with Crippen molar-refractivity contribution in [2.45, 2.75) is 10.8 Å². The summed E-state index contributed by atoms with van der Waals surface area (Å²) in [4.78, 5) is 0. The number of nitrogens with zero attached hydrogens (tertiary/aromatic N) is 1. The van der Waals surface area contributed by atoms with Crippen LogP contribution in [-0.2, 0) is 10.8 Å². The third-order valence-electron chi connectivity index (χ3n) is 16.0. The quantitative estimate of drug-likeness (QED) is 0.120. The smallest absolute Gasteiger partial charge is 0.0713 e. The van der Waals surface area contributed by atoms with E-state index in [2.05, 4.69) is 314 Å². The van der Waals surface area contributed by atoms with Crippen LogP contribution in [0.1, 0.15) is 44.5 Å². The number of para-hydroxylation sites is 1. The van der Waals surface area contributed by atoms with E-state index >= 15 is 0 Å². The summed E-state index contributed by atoms with van der Waals surface area (Å²) < 4.78 is 2.46. The standard InChI is InChI=1S/C74H51N/c1-8-24-52(25-9-1)56-46-57(53-26-10-2-11-27-53)48-64(47-56)75-71-39-23-22-38-67(71)68-49-54(41-45-72(68)75)55-40-43-65-66-44-42-63(51-70(66)74(69(65)50-55,61-34-18-6-19-35-61)62-36-20-7-21-37-62)73(58-28-12-3-13-29-58,59-30-14-4-15-31-59)60-32-16-5-17-33-60/h1-51H. The van der Waals surface area contributed by atoms with E-state index < -0.39 is 10.8 Å². The van der Waals surface area contributed by atoms with E-state index in [0.29, 0.717) is 0 Å². The molecule has 0 unspecified atom stereocenters. The van der Waals surface area contributed by atoms with Crippen molar-refractivity contribution in [2.24, 2.45) is 0 Å². The highest BCUT2D eigenvalue weighted by atomic mass is 15.0. The average molecular weight is 954 g/mol. The van der Waals surface area contributed by atoms with E-state index in [4.69, 9.17) is 0 Å². The first kappa shape index (κ1) is 44.2. The van der Waals surface area contributed by atoms with Gasteiger partial charge in [-0.15, -0.1) is 0 Å². The van der Waals surface area contributed by atoms with Crippen molar-refractivity contribution in [3.63, 3.8) is 0 Å². The molecule has 0 saturated carbocycles. The van der Waals surface area contributed by atoms with Crippen LogP contribution in [0.5, 0.6) is 0 Å². The number of aromatic nitrogens is 1. The predicted molar refractivity (Wildman–Crippen MR) is 313 cm³/mol. The molecule has 0 bridgehead atoms. The lowest BCUT2D eigenvalue weighted by molar-refractivity contribution is 0.729. The molecule has 12 aromatic carbocycles. The Balaban J connectivity index is 0.988. The van der Waals surface area contributed by atoms with Crippen molar-refractivity contribution in [1.82, 2.24) is 4.57 Å². The molecule has 1 aliphatic carbocycles. The van der Waals surface area contributed by atoms with E-state index in [0.717, 1.165) is 5.69 Å². The molecule has 0 atom stereocenters. The molecule has 0 N–H and O–H groups in total. The molecule has 1 heteroatoms. The summed E-state index contributed by atoms with van der Waals surface area (Å²) in [6, 6.07) is 115. The molecule has 1 aromatic heterocycles. The van der Waals surface area contributed by atoms with Gasteiger partial charge in [0.05, 0.1) is 21.9 Å². The highest BCUT2D eigenvalue weighted by Gasteiger charge is 2.48. The highest BCUT2D eigenvalue weighted by molar-refractivity contribution is 6.11. The predicted octanol–water partition coefficient (Wildman–Crippen LogP) is 18.5. The molecular formula is C74H51N. The van der Waals surface area contributed by atoms with Crippen LogP contribution >= 0.6 is 0 Å². The molecule has 13 aromatic rings. The summed E-state index contributed by atoms with van der Waals surface area (Å²) in [6.07, 6.45) is 0. The zero-order valence-corrected chi connectivity index (χ0v) is 41.4. The van der Waals surface area contributed by atoms with Gasteiger partial charge in [0, 0.05) is 16.5 Å². The molecule has 0 spiro atoms. The molecule has 1 aliphatic rings. The van der Waals surface area contributed by atoms with Crippen LogP contribution in [0.3, 0.4) is 0 Å². The van der Waals surface area contributed by atoms with E-state index in [9.17, 15) is 0 Å². The summed E-state index contributed by atoms with van der Waals surface area (Å²) in [5, 5.41) is 2.45. The molecule has 0 saturated heterocycles. The Labute approximate surface area is 439 Å². The Hall–Kier alpha value is -9.56. The van der Waals surface area contributed by atoms with Crippen LogP contribution < -0.4 is 0 Å². The third kappa shape index (κ3) is 7.08. The van der Waals surface area contributed by atoms with Crippen molar-refractivity contribution in [2.75, 3.05) is 0 Å². The largest absolute Gasteiger partial charge is 0.309 e. The molecule has 14 rings (SSSR count). The topological polar surface area (TPSA) is 4.93 Å². The number of rotatable bonds is 10. The van der Waals surface area contributed by atoms with E-state index in [1.807, 2.05) is 0 Å². The van der Waals surface area contributed by atoms with Gasteiger partial charge >= 0.3 is 0 Å². The molecule has 0 radical (unpaired) electrons. The molecule has 352 valence electrons. The van der Waals surface area contributed by atoms with Gasteiger partial charge < -0.3 is 4.57 Å². The maximum Gasteiger partial charge on any atom is 0.0713 e. The third-order valence-corrected chi connectivity index (χ3v) is 16.0. The first-order chi connectivity index (χ1) is 37.2. The monoisotopic (exact) mass is 953 g/mol. The number of benzene rings is 12. The lowest BCUT2D eigenvalue weighted by Crippen LogP contribution is -2.33. The van der Waals surface area contributed by atoms with Crippen LogP contribution in [0.15, 0.2) is 309 Å². The van der Waals surface area contributed by atoms with Crippen LogP contribution in [0, 0.1) is 0 Å². The molecule has 1 heterocycles. The SMILES string of the molecule is c1ccc(-c2cc(-c3ccccc3)cc(-n3c4ccccc4c4cc(-c5ccc6c(c5)C(c5ccccc5)(c5ccccc5)c5cc(C(c7ccccc7)(c7ccccc7)c7ccccc7)ccc5-6)ccc43)c2)cc1. The van der Waals surface area contributed by atoms with Gasteiger partial charge in [0.2, 0.25) is 0 Å². The first-order valence-corrected chi connectivity index (χ1v) is 26.1. The summed E-state index contributed by atoms with van der Waals surface area (Å²) in [6.45, 7) is 0. The zero-order valence-electron chi connectivity index (χ0n) is 41.4. The number of hydrogen-bond donors (Lipinski definition) is 0. The van der Waals surface area contributed by atoms with Gasteiger partial charge in [-0.25, -0.2) is 0 Å². The van der Waals surface area contributed by atoms with Crippen LogP contribution in [0.2, 0.25) is 0 Å². The Morgan fingerprint density at radius 1 is 0.253 bits per heavy atom. The van der Waals surface area contributed by atoms with Crippen molar-refractivity contribution in [3.8, 4) is 50.2 Å². The minimum atomic E-state index is -0.643. The Bertz CT molecular complexity index is 3990. The van der Waals surface area contributed by atoms with Gasteiger partial charge in [0.1, 0.15) is 0 Å². The Kier molecular flexibility index (Phi) is 10.7. The fraction of sp³-hybridized carbons (Fsp3) is 0.0270. The van der Waals surface area contributed by atoms with E-state index in [1.165, 1.54) is 111 Å². The van der Waals surface area contributed by atoms with Crippen molar-refractivity contribution >= 4 is 21.8 Å². The second-order valence-electron chi connectivity index (χ2n) is 19.9. The normalized spacial score (nSPS) is 12.6. The fourth-order valence-corrected chi connectivity index (χ4v) is 12.7. The van der Waals surface area contributed by atoms with Crippen molar-refractivity contribution in [1.29, 1.82) is 0 Å². The zero-order chi connectivity index (χ0) is 49.8. The summed E-state index contributed by atoms with van der Waals surface area (Å²) in [5.41, 5.74) is 21.8. The van der Waals surface area contributed by atoms with Crippen LogP contribution in [0.25, 0.3) is 72.0 Å². The molecule has 0 fully saturated rings.